The lowest BCUT2D eigenvalue weighted by Crippen LogP contribution is -2.34. The normalized spacial score (nSPS) is 16.2. The molecule has 1 aliphatic rings. The van der Waals surface area contributed by atoms with E-state index in [1.54, 1.807) is 6.92 Å². The molecule has 1 N–H and O–H groups in total. The predicted molar refractivity (Wildman–Crippen MR) is 92.4 cm³/mol. The van der Waals surface area contributed by atoms with Crippen molar-refractivity contribution in [1.29, 1.82) is 0 Å². The molecule has 0 saturated carbocycles. The second-order valence-corrected chi connectivity index (χ2v) is 6.67. The first-order valence-corrected chi connectivity index (χ1v) is 8.48. The van der Waals surface area contributed by atoms with Crippen LogP contribution in [0.2, 0.25) is 15.1 Å². The summed E-state index contributed by atoms with van der Waals surface area (Å²) in [4.78, 5) is 36.4. The van der Waals surface area contributed by atoms with E-state index in [4.69, 9.17) is 39.5 Å². The summed E-state index contributed by atoms with van der Waals surface area (Å²) in [6.45, 7) is 1.27. The number of esters is 1. The monoisotopic (exact) mass is 409 g/mol. The summed E-state index contributed by atoms with van der Waals surface area (Å²) in [5.41, 5.74) is 0.141. The number of phenolic OH excluding ortho intramolecular Hbond substituents is 1. The van der Waals surface area contributed by atoms with Gasteiger partial charge < -0.3 is 9.84 Å². The molecule has 1 heterocycles. The van der Waals surface area contributed by atoms with Gasteiger partial charge in [-0.15, -0.1) is 0 Å². The number of amides is 2. The molecule has 0 unspecified atom stereocenters. The van der Waals surface area contributed by atoms with Crippen LogP contribution in [-0.4, -0.2) is 40.3 Å². The lowest BCUT2D eigenvalue weighted by Gasteiger charge is -2.11. The van der Waals surface area contributed by atoms with Gasteiger partial charge in [0.1, 0.15) is 6.54 Å². The van der Waals surface area contributed by atoms with Gasteiger partial charge in [-0.25, -0.2) is 0 Å². The molecule has 0 atom stereocenters. The van der Waals surface area contributed by atoms with Crippen molar-refractivity contribution in [2.45, 2.75) is 6.92 Å². The average molecular weight is 411 g/mol. The SMILES string of the molecule is CCOC(=O)CN1C(=O)S/C(=C\c2c(Cl)cc(Cl)c(O)c2Cl)C1=O. The van der Waals surface area contributed by atoms with Crippen LogP contribution in [0.15, 0.2) is 11.0 Å². The van der Waals surface area contributed by atoms with Gasteiger partial charge in [-0.1, -0.05) is 34.8 Å². The van der Waals surface area contributed by atoms with Gasteiger partial charge in [0.25, 0.3) is 11.1 Å². The summed E-state index contributed by atoms with van der Waals surface area (Å²) >= 11 is 18.4. The van der Waals surface area contributed by atoms with E-state index in [1.165, 1.54) is 12.1 Å². The molecule has 2 amide bonds. The summed E-state index contributed by atoms with van der Waals surface area (Å²) in [7, 11) is 0. The first kappa shape index (κ1) is 18.9. The van der Waals surface area contributed by atoms with E-state index in [-0.39, 0.29) is 37.9 Å². The fraction of sp³-hybridized carbons (Fsp3) is 0.214. The minimum atomic E-state index is -0.693. The van der Waals surface area contributed by atoms with Crippen LogP contribution in [0.25, 0.3) is 6.08 Å². The molecule has 10 heteroatoms. The average Bonchev–Trinajstić information content (AvgIpc) is 2.77. The fourth-order valence-electron chi connectivity index (χ4n) is 1.83. The molecule has 1 saturated heterocycles. The zero-order valence-electron chi connectivity index (χ0n) is 12.1. The Hall–Kier alpha value is -1.41. The smallest absolute Gasteiger partial charge is 0.326 e. The maximum Gasteiger partial charge on any atom is 0.326 e. The van der Waals surface area contributed by atoms with E-state index in [9.17, 15) is 19.5 Å². The highest BCUT2D eigenvalue weighted by Gasteiger charge is 2.37. The highest BCUT2D eigenvalue weighted by molar-refractivity contribution is 8.18. The van der Waals surface area contributed by atoms with Crippen molar-refractivity contribution >= 4 is 69.8 Å². The van der Waals surface area contributed by atoms with Crippen LogP contribution in [0.3, 0.4) is 0 Å². The quantitative estimate of drug-likeness (QED) is 0.597. The first-order valence-electron chi connectivity index (χ1n) is 6.53. The van der Waals surface area contributed by atoms with E-state index >= 15 is 0 Å². The number of carbonyl (C=O) groups excluding carboxylic acids is 3. The van der Waals surface area contributed by atoms with Gasteiger partial charge in [0, 0.05) is 5.56 Å². The van der Waals surface area contributed by atoms with Crippen LogP contribution < -0.4 is 0 Å². The van der Waals surface area contributed by atoms with Gasteiger partial charge in [0.2, 0.25) is 0 Å². The van der Waals surface area contributed by atoms with Crippen molar-refractivity contribution in [2.75, 3.05) is 13.2 Å². The predicted octanol–water partition coefficient (Wildman–Crippen LogP) is 3.95. The van der Waals surface area contributed by atoms with Crippen LogP contribution in [-0.2, 0) is 14.3 Å². The van der Waals surface area contributed by atoms with E-state index in [0.717, 1.165) is 4.90 Å². The van der Waals surface area contributed by atoms with E-state index in [1.807, 2.05) is 0 Å². The van der Waals surface area contributed by atoms with Crippen LogP contribution in [0, 0.1) is 0 Å². The highest BCUT2D eigenvalue weighted by Crippen LogP contribution is 2.42. The van der Waals surface area contributed by atoms with E-state index in [0.29, 0.717) is 11.8 Å². The van der Waals surface area contributed by atoms with Crippen LogP contribution in [0.5, 0.6) is 5.75 Å². The number of nitrogens with zero attached hydrogens (tertiary/aromatic N) is 1. The molecule has 24 heavy (non-hydrogen) atoms. The molecule has 0 spiro atoms. The van der Waals surface area contributed by atoms with Crippen LogP contribution >= 0.6 is 46.6 Å². The molecule has 0 radical (unpaired) electrons. The number of hydrogen-bond acceptors (Lipinski definition) is 6. The number of halogens is 3. The van der Waals surface area contributed by atoms with Gasteiger partial charge in [-0.05, 0) is 30.8 Å². The molecule has 6 nitrogen and oxygen atoms in total. The zero-order chi connectivity index (χ0) is 18.0. The molecule has 1 aromatic carbocycles. The molecule has 128 valence electrons. The van der Waals surface area contributed by atoms with Gasteiger partial charge in [0.15, 0.2) is 5.75 Å². The molecule has 0 aromatic heterocycles. The van der Waals surface area contributed by atoms with Gasteiger partial charge in [-0.2, -0.15) is 0 Å². The Morgan fingerprint density at radius 3 is 2.62 bits per heavy atom. The Bertz CT molecular complexity index is 765. The largest absolute Gasteiger partial charge is 0.505 e. The summed E-state index contributed by atoms with van der Waals surface area (Å²) in [6, 6.07) is 1.26. The number of hydrogen-bond donors (Lipinski definition) is 1. The Labute approximate surface area is 156 Å². The van der Waals surface area contributed by atoms with Crippen molar-refractivity contribution in [3.63, 3.8) is 0 Å². The van der Waals surface area contributed by atoms with Gasteiger partial charge in [-0.3, -0.25) is 19.3 Å². The minimum Gasteiger partial charge on any atom is -0.505 e. The maximum absolute atomic E-state index is 12.3. The third kappa shape index (κ3) is 3.80. The summed E-state index contributed by atoms with van der Waals surface area (Å²) < 4.78 is 4.72. The summed E-state index contributed by atoms with van der Waals surface area (Å²) in [6.07, 6.45) is 1.26. The van der Waals surface area contributed by atoms with Gasteiger partial charge >= 0.3 is 5.97 Å². The Kier molecular flexibility index (Phi) is 6.03. The van der Waals surface area contributed by atoms with E-state index < -0.39 is 23.7 Å². The number of rotatable bonds is 4. The second kappa shape index (κ2) is 7.65. The summed E-state index contributed by atoms with van der Waals surface area (Å²) in [5, 5.41) is 9.04. The fourth-order valence-corrected chi connectivity index (χ4v) is 3.52. The minimum absolute atomic E-state index is 0.00909. The standard InChI is InChI=1S/C14H10Cl3NO5S/c1-2-23-10(19)5-18-13(21)9(24-14(18)22)3-6-7(15)4-8(16)12(20)11(6)17/h3-4,20H,2,5H2,1H3/b9-3-. The number of imide groups is 1. The molecular formula is C14H10Cl3NO5S. The molecule has 0 aliphatic carbocycles. The van der Waals surface area contributed by atoms with Crippen molar-refractivity contribution in [3.8, 4) is 5.75 Å². The molecule has 0 bridgehead atoms. The third-order valence-corrected chi connectivity index (χ3v) is 4.81. The lowest BCUT2D eigenvalue weighted by atomic mass is 10.2. The van der Waals surface area contributed by atoms with Crippen molar-refractivity contribution in [2.24, 2.45) is 0 Å². The first-order chi connectivity index (χ1) is 11.3. The molecule has 1 aliphatic heterocycles. The van der Waals surface area contributed by atoms with Crippen LogP contribution in [0.1, 0.15) is 12.5 Å². The van der Waals surface area contributed by atoms with Crippen LogP contribution in [0.4, 0.5) is 4.79 Å². The molecule has 1 fully saturated rings. The molecule has 1 aromatic rings. The van der Waals surface area contributed by atoms with Crippen molar-refractivity contribution in [3.05, 3.63) is 31.6 Å². The van der Waals surface area contributed by atoms with E-state index in [2.05, 4.69) is 0 Å². The van der Waals surface area contributed by atoms with Crippen molar-refractivity contribution < 1.29 is 24.2 Å². The summed E-state index contributed by atoms with van der Waals surface area (Å²) in [5.74, 6) is -1.76. The topological polar surface area (TPSA) is 83.9 Å². The lowest BCUT2D eigenvalue weighted by molar-refractivity contribution is -0.145. The Balaban J connectivity index is 2.33. The molecule has 2 rings (SSSR count). The number of ether oxygens (including phenoxy) is 1. The number of aromatic hydroxyl groups is 1. The maximum atomic E-state index is 12.3. The molecular weight excluding hydrogens is 401 g/mol. The number of carbonyl (C=O) groups is 3. The van der Waals surface area contributed by atoms with Crippen molar-refractivity contribution in [1.82, 2.24) is 4.90 Å². The Morgan fingerprint density at radius 1 is 1.33 bits per heavy atom. The number of phenols is 1. The second-order valence-electron chi connectivity index (χ2n) is 4.49. The number of benzene rings is 1. The third-order valence-electron chi connectivity index (χ3n) is 2.92. The van der Waals surface area contributed by atoms with Gasteiger partial charge in [0.05, 0.1) is 26.6 Å². The number of thioether (sulfide) groups is 1. The Morgan fingerprint density at radius 2 is 2.00 bits per heavy atom. The zero-order valence-corrected chi connectivity index (χ0v) is 15.2. The highest BCUT2D eigenvalue weighted by atomic mass is 35.5.